The third-order valence-electron chi connectivity index (χ3n) is 6.45. The summed E-state index contributed by atoms with van der Waals surface area (Å²) in [7, 11) is 1.58. The Morgan fingerprint density at radius 3 is 2.74 bits per heavy atom. The van der Waals surface area contributed by atoms with Crippen molar-refractivity contribution in [1.29, 1.82) is 5.26 Å². The zero-order valence-electron chi connectivity index (χ0n) is 22.0. The van der Waals surface area contributed by atoms with Crippen molar-refractivity contribution in [3.63, 3.8) is 0 Å². The lowest BCUT2D eigenvalue weighted by molar-refractivity contribution is -0.112. The molecule has 1 aliphatic heterocycles. The Kier molecular flexibility index (Phi) is 9.71. The van der Waals surface area contributed by atoms with E-state index in [9.17, 15) is 14.4 Å². The molecular formula is C29H31ClFN5O3. The molecule has 1 saturated heterocycles. The number of anilines is 3. The lowest BCUT2D eigenvalue weighted by Crippen LogP contribution is -2.31. The number of ether oxygens (including phenoxy) is 2. The molecule has 0 bridgehead atoms. The van der Waals surface area contributed by atoms with E-state index in [0.29, 0.717) is 40.3 Å². The van der Waals surface area contributed by atoms with E-state index in [1.54, 1.807) is 25.3 Å². The molecule has 0 spiro atoms. The first-order chi connectivity index (χ1) is 18.9. The first-order valence-electron chi connectivity index (χ1n) is 12.8. The maximum Gasteiger partial charge on any atom is 0.248 e. The average Bonchev–Trinajstić information content (AvgIpc) is 2.92. The fourth-order valence-corrected chi connectivity index (χ4v) is 4.67. The van der Waals surface area contributed by atoms with Gasteiger partial charge in [0, 0.05) is 49.6 Å². The SMILES string of the molecule is CCCN1CCC(=CC(=O)Nc2cc3c(Nc4ccc(F)c(Cl)c4)c(C#N)cnc3cc2OCCOC)CC1. The number of rotatable bonds is 10. The summed E-state index contributed by atoms with van der Waals surface area (Å²) >= 11 is 5.96. The van der Waals surface area contributed by atoms with Crippen LogP contribution in [0.25, 0.3) is 10.9 Å². The van der Waals surface area contributed by atoms with Crippen LogP contribution >= 0.6 is 11.6 Å². The molecule has 0 saturated carbocycles. The minimum atomic E-state index is -0.546. The molecule has 0 unspecified atom stereocenters. The molecule has 0 atom stereocenters. The standard InChI is InChI=1S/C29H31ClFN5O3/c1-3-8-36-9-6-19(7-10-36)13-28(37)35-26-15-22-25(16-27(26)39-12-11-38-2)33-18-20(17-32)29(22)34-21-4-5-24(31)23(30)14-21/h4-5,13-16,18H,3,6-12H2,1-2H3,(H,33,34)(H,35,37). The second-order valence-electron chi connectivity index (χ2n) is 9.25. The van der Waals surface area contributed by atoms with Crippen molar-refractivity contribution in [1.82, 2.24) is 9.88 Å². The fraction of sp³-hybridized carbons (Fsp3) is 0.345. The minimum absolute atomic E-state index is 0.0489. The Bertz CT molecular complexity index is 1410. The van der Waals surface area contributed by atoms with E-state index in [0.717, 1.165) is 44.5 Å². The van der Waals surface area contributed by atoms with E-state index in [4.69, 9.17) is 21.1 Å². The number of fused-ring (bicyclic) bond motifs is 1. The Morgan fingerprint density at radius 2 is 2.05 bits per heavy atom. The number of methoxy groups -OCH3 is 1. The van der Waals surface area contributed by atoms with E-state index in [2.05, 4.69) is 33.5 Å². The van der Waals surface area contributed by atoms with Crippen LogP contribution in [0.1, 0.15) is 31.7 Å². The molecule has 2 aromatic carbocycles. The van der Waals surface area contributed by atoms with Gasteiger partial charge in [0.25, 0.3) is 0 Å². The predicted octanol–water partition coefficient (Wildman–Crippen LogP) is 6.04. The van der Waals surface area contributed by atoms with Gasteiger partial charge < -0.3 is 25.0 Å². The molecule has 1 aromatic heterocycles. The summed E-state index contributed by atoms with van der Waals surface area (Å²) in [6, 6.07) is 9.77. The number of nitrogens with zero attached hydrogens (tertiary/aromatic N) is 3. The Morgan fingerprint density at radius 1 is 1.26 bits per heavy atom. The van der Waals surface area contributed by atoms with Crippen LogP contribution in [0.2, 0.25) is 5.02 Å². The number of benzene rings is 2. The van der Waals surface area contributed by atoms with Crippen molar-refractivity contribution >= 4 is 45.5 Å². The highest BCUT2D eigenvalue weighted by atomic mass is 35.5. The lowest BCUT2D eigenvalue weighted by atomic mass is 10.0. The summed E-state index contributed by atoms with van der Waals surface area (Å²) in [6.07, 6.45) is 5.93. The van der Waals surface area contributed by atoms with Gasteiger partial charge in [-0.05, 0) is 50.1 Å². The van der Waals surface area contributed by atoms with E-state index in [1.807, 2.05) is 0 Å². The maximum atomic E-state index is 13.7. The van der Waals surface area contributed by atoms with E-state index < -0.39 is 5.82 Å². The number of amides is 1. The predicted molar refractivity (Wildman–Crippen MR) is 151 cm³/mol. The molecule has 4 rings (SSSR count). The molecular weight excluding hydrogens is 521 g/mol. The largest absolute Gasteiger partial charge is 0.489 e. The number of carbonyl (C=O) groups is 1. The van der Waals surface area contributed by atoms with Crippen LogP contribution in [0.5, 0.6) is 5.75 Å². The molecule has 204 valence electrons. The Balaban J connectivity index is 1.68. The second kappa shape index (κ2) is 13.4. The number of aromatic nitrogens is 1. The zero-order chi connectivity index (χ0) is 27.8. The lowest BCUT2D eigenvalue weighted by Gasteiger charge is -2.27. The maximum absolute atomic E-state index is 13.7. The van der Waals surface area contributed by atoms with Gasteiger partial charge in [-0.3, -0.25) is 9.78 Å². The van der Waals surface area contributed by atoms with Crippen LogP contribution in [-0.4, -0.2) is 55.7 Å². The van der Waals surface area contributed by atoms with Gasteiger partial charge in [-0.2, -0.15) is 5.26 Å². The monoisotopic (exact) mass is 551 g/mol. The van der Waals surface area contributed by atoms with Gasteiger partial charge in [-0.15, -0.1) is 0 Å². The van der Waals surface area contributed by atoms with Crippen LogP contribution < -0.4 is 15.4 Å². The van der Waals surface area contributed by atoms with Gasteiger partial charge >= 0.3 is 0 Å². The summed E-state index contributed by atoms with van der Waals surface area (Å²) < 4.78 is 24.7. The highest BCUT2D eigenvalue weighted by Gasteiger charge is 2.18. The molecule has 1 aliphatic rings. The van der Waals surface area contributed by atoms with Gasteiger partial charge in [-0.1, -0.05) is 24.1 Å². The quantitative estimate of drug-likeness (QED) is 0.234. The van der Waals surface area contributed by atoms with Crippen molar-refractivity contribution < 1.29 is 18.7 Å². The number of hydrogen-bond acceptors (Lipinski definition) is 7. The number of pyridine rings is 1. The number of halogens is 2. The van der Waals surface area contributed by atoms with E-state index in [-0.39, 0.29) is 23.1 Å². The van der Waals surface area contributed by atoms with Crippen molar-refractivity contribution in [2.24, 2.45) is 0 Å². The van der Waals surface area contributed by atoms with E-state index in [1.165, 1.54) is 24.4 Å². The van der Waals surface area contributed by atoms with Crippen molar-refractivity contribution in [2.45, 2.75) is 26.2 Å². The van der Waals surface area contributed by atoms with Crippen LogP contribution in [0, 0.1) is 17.1 Å². The third-order valence-corrected chi connectivity index (χ3v) is 6.74. The fourth-order valence-electron chi connectivity index (χ4n) is 4.49. The summed E-state index contributed by atoms with van der Waals surface area (Å²) in [5.74, 6) is -0.374. The number of nitrogens with one attached hydrogen (secondary N) is 2. The molecule has 2 heterocycles. The molecule has 1 amide bonds. The summed E-state index contributed by atoms with van der Waals surface area (Å²) in [6.45, 7) is 5.76. The number of piperidine rings is 1. The molecule has 1 fully saturated rings. The van der Waals surface area contributed by atoms with Crippen LogP contribution in [0.15, 0.2) is 48.2 Å². The second-order valence-corrected chi connectivity index (χ2v) is 9.66. The number of nitriles is 1. The van der Waals surface area contributed by atoms with E-state index >= 15 is 0 Å². The molecule has 3 aromatic rings. The van der Waals surface area contributed by atoms with Gasteiger partial charge in [-0.25, -0.2) is 4.39 Å². The van der Waals surface area contributed by atoms with Crippen molar-refractivity contribution in [3.8, 4) is 11.8 Å². The van der Waals surface area contributed by atoms with Crippen LogP contribution in [0.4, 0.5) is 21.5 Å². The van der Waals surface area contributed by atoms with Gasteiger partial charge in [0.05, 0.1) is 34.1 Å². The number of carbonyl (C=O) groups excluding carboxylic acids is 1. The molecule has 2 N–H and O–H groups in total. The smallest absolute Gasteiger partial charge is 0.248 e. The highest BCUT2D eigenvalue weighted by molar-refractivity contribution is 6.31. The molecule has 10 heteroatoms. The van der Waals surface area contributed by atoms with Gasteiger partial charge in [0.2, 0.25) is 5.91 Å². The average molecular weight is 552 g/mol. The van der Waals surface area contributed by atoms with Crippen molar-refractivity contribution in [3.05, 3.63) is 64.6 Å². The minimum Gasteiger partial charge on any atom is -0.489 e. The van der Waals surface area contributed by atoms with Crippen LogP contribution in [-0.2, 0) is 9.53 Å². The van der Waals surface area contributed by atoms with Crippen LogP contribution in [0.3, 0.4) is 0 Å². The van der Waals surface area contributed by atoms with Gasteiger partial charge in [0.1, 0.15) is 24.2 Å². The molecule has 0 radical (unpaired) electrons. The van der Waals surface area contributed by atoms with Gasteiger partial charge in [0.15, 0.2) is 0 Å². The molecule has 0 aliphatic carbocycles. The zero-order valence-corrected chi connectivity index (χ0v) is 22.8. The summed E-state index contributed by atoms with van der Waals surface area (Å²) in [5, 5.41) is 16.4. The Labute approximate surface area is 232 Å². The summed E-state index contributed by atoms with van der Waals surface area (Å²) in [4.78, 5) is 19.9. The highest BCUT2D eigenvalue weighted by Crippen LogP contribution is 2.36. The van der Waals surface area contributed by atoms with Crippen molar-refractivity contribution in [2.75, 3.05) is 50.6 Å². The first kappa shape index (κ1) is 28.3. The molecule has 39 heavy (non-hydrogen) atoms. The third kappa shape index (κ3) is 7.24. The number of likely N-dealkylation sites (tertiary alicyclic amines) is 1. The topological polar surface area (TPSA) is 99.5 Å². The first-order valence-corrected chi connectivity index (χ1v) is 13.2. The normalized spacial score (nSPS) is 13.7. The number of hydrogen-bond donors (Lipinski definition) is 2. The molecule has 8 nitrogen and oxygen atoms in total. The Hall–Kier alpha value is -3.71. The summed E-state index contributed by atoms with van der Waals surface area (Å²) in [5.41, 5.74) is 3.29.